The normalized spacial score (nSPS) is 16.5. The molecule has 0 aliphatic carbocycles. The Kier molecular flexibility index (Phi) is 5.83. The molecule has 1 aliphatic heterocycles. The topological polar surface area (TPSA) is 41.6 Å². The van der Waals surface area contributed by atoms with Gasteiger partial charge in [0, 0.05) is 24.1 Å². The van der Waals surface area contributed by atoms with E-state index in [1.807, 2.05) is 12.1 Å². The van der Waals surface area contributed by atoms with Crippen molar-refractivity contribution in [3.63, 3.8) is 0 Å². The molecule has 110 valence electrons. The minimum Gasteiger partial charge on any atom is -0.370 e. The van der Waals surface area contributed by atoms with Gasteiger partial charge in [-0.2, -0.15) is 0 Å². The number of rotatable bonds is 4. The summed E-state index contributed by atoms with van der Waals surface area (Å²) in [6.45, 7) is 2.67. The van der Waals surface area contributed by atoms with Gasteiger partial charge in [0.2, 0.25) is 0 Å². The molecule has 2 N–H and O–H groups in total. The largest absolute Gasteiger partial charge is 0.370 e. The molecule has 2 rings (SSSR count). The van der Waals surface area contributed by atoms with Crippen molar-refractivity contribution in [1.82, 2.24) is 4.90 Å². The van der Waals surface area contributed by atoms with Crippen LogP contribution in [0.3, 0.4) is 0 Å². The molecule has 1 fully saturated rings. The minimum absolute atomic E-state index is 0.160. The number of aliphatic imine (C=N–C) groups is 1. The summed E-state index contributed by atoms with van der Waals surface area (Å²) in [5.41, 5.74) is 6.71. The quantitative estimate of drug-likeness (QED) is 0.518. The van der Waals surface area contributed by atoms with E-state index in [9.17, 15) is 4.39 Å². The summed E-state index contributed by atoms with van der Waals surface area (Å²) < 4.78 is 14.4. The molecule has 1 aromatic carbocycles. The highest BCUT2D eigenvalue weighted by Crippen LogP contribution is 2.16. The third-order valence-electron chi connectivity index (χ3n) is 3.57. The van der Waals surface area contributed by atoms with Gasteiger partial charge in [0.25, 0.3) is 0 Å². The lowest BCUT2D eigenvalue weighted by Crippen LogP contribution is -2.40. The molecule has 0 bridgehead atoms. The number of benzene rings is 1. The Morgan fingerprint density at radius 3 is 2.75 bits per heavy atom. The number of likely N-dealkylation sites (tertiary alicyclic amines) is 1. The van der Waals surface area contributed by atoms with Crippen molar-refractivity contribution in [3.05, 3.63) is 34.1 Å². The number of hydrogen-bond donors (Lipinski definition) is 1. The van der Waals surface area contributed by atoms with E-state index in [1.165, 1.54) is 25.3 Å². The van der Waals surface area contributed by atoms with Crippen LogP contribution in [0.1, 0.15) is 31.2 Å². The monoisotopic (exact) mass is 341 g/mol. The fraction of sp³-hybridized carbons (Fsp3) is 0.533. The van der Waals surface area contributed by atoms with Crippen LogP contribution < -0.4 is 5.73 Å². The van der Waals surface area contributed by atoms with Crippen molar-refractivity contribution < 1.29 is 4.39 Å². The maximum absolute atomic E-state index is 13.6. The fourth-order valence-electron chi connectivity index (χ4n) is 2.41. The molecule has 0 atom stereocenters. The number of piperidine rings is 1. The zero-order chi connectivity index (χ0) is 14.4. The molecule has 5 heteroatoms. The van der Waals surface area contributed by atoms with E-state index in [4.69, 9.17) is 5.73 Å². The first-order valence-electron chi connectivity index (χ1n) is 7.15. The third-order valence-corrected chi connectivity index (χ3v) is 4.07. The molecule has 3 nitrogen and oxygen atoms in total. The van der Waals surface area contributed by atoms with Crippen LogP contribution in [0.2, 0.25) is 0 Å². The van der Waals surface area contributed by atoms with Crippen molar-refractivity contribution in [2.75, 3.05) is 19.6 Å². The van der Waals surface area contributed by atoms with Gasteiger partial charge in [0.05, 0.1) is 0 Å². The van der Waals surface area contributed by atoms with E-state index < -0.39 is 0 Å². The summed E-state index contributed by atoms with van der Waals surface area (Å²) in [5, 5.41) is 0. The van der Waals surface area contributed by atoms with Gasteiger partial charge < -0.3 is 10.6 Å². The van der Waals surface area contributed by atoms with Crippen LogP contribution >= 0.6 is 15.9 Å². The van der Waals surface area contributed by atoms with Crippen molar-refractivity contribution in [1.29, 1.82) is 0 Å². The number of hydrogen-bond acceptors (Lipinski definition) is 1. The molecule has 0 saturated carbocycles. The predicted octanol–water partition coefficient (Wildman–Crippen LogP) is 3.32. The zero-order valence-corrected chi connectivity index (χ0v) is 13.2. The van der Waals surface area contributed by atoms with Crippen LogP contribution in [-0.4, -0.2) is 30.5 Å². The van der Waals surface area contributed by atoms with E-state index in [0.29, 0.717) is 18.9 Å². The molecule has 20 heavy (non-hydrogen) atoms. The summed E-state index contributed by atoms with van der Waals surface area (Å²) >= 11 is 3.26. The molecule has 1 aliphatic rings. The average molecular weight is 342 g/mol. The van der Waals surface area contributed by atoms with E-state index >= 15 is 0 Å². The maximum atomic E-state index is 13.6. The van der Waals surface area contributed by atoms with Crippen LogP contribution in [0.4, 0.5) is 4.39 Å². The lowest BCUT2D eigenvalue weighted by molar-refractivity contribution is 0.338. The van der Waals surface area contributed by atoms with Gasteiger partial charge in [-0.15, -0.1) is 0 Å². The van der Waals surface area contributed by atoms with Gasteiger partial charge in [-0.05, 0) is 49.8 Å². The highest BCUT2D eigenvalue weighted by Gasteiger charge is 2.11. The van der Waals surface area contributed by atoms with E-state index in [0.717, 1.165) is 29.5 Å². The summed E-state index contributed by atoms with van der Waals surface area (Å²) in [4.78, 5) is 6.54. The van der Waals surface area contributed by atoms with Crippen molar-refractivity contribution in [2.45, 2.75) is 32.1 Å². The highest BCUT2D eigenvalue weighted by atomic mass is 79.9. The molecule has 0 radical (unpaired) electrons. The standard InChI is InChI=1S/C15H21BrFN3/c16-13-7-6-12(14(17)11-13)5-4-8-19-15(18)20-9-2-1-3-10-20/h6-7,11H,1-5,8-10H2,(H2,18,19). The first-order chi connectivity index (χ1) is 9.66. The summed E-state index contributed by atoms with van der Waals surface area (Å²) in [7, 11) is 0. The van der Waals surface area contributed by atoms with Crippen molar-refractivity contribution in [2.24, 2.45) is 10.7 Å². The zero-order valence-electron chi connectivity index (χ0n) is 11.6. The molecule has 0 spiro atoms. The van der Waals surface area contributed by atoms with Crippen LogP contribution in [0, 0.1) is 5.82 Å². The molecule has 0 unspecified atom stereocenters. The van der Waals surface area contributed by atoms with E-state index in [2.05, 4.69) is 25.8 Å². The van der Waals surface area contributed by atoms with Gasteiger partial charge in [-0.3, -0.25) is 4.99 Å². The SMILES string of the molecule is NC(=NCCCc1ccc(Br)cc1F)N1CCCCC1. The van der Waals surface area contributed by atoms with E-state index in [-0.39, 0.29) is 5.82 Å². The molecular weight excluding hydrogens is 321 g/mol. The van der Waals surface area contributed by atoms with Gasteiger partial charge in [-0.25, -0.2) is 4.39 Å². The van der Waals surface area contributed by atoms with Gasteiger partial charge in [0.15, 0.2) is 5.96 Å². The lowest BCUT2D eigenvalue weighted by atomic mass is 10.1. The Hall–Kier alpha value is -1.10. The van der Waals surface area contributed by atoms with Crippen molar-refractivity contribution >= 4 is 21.9 Å². The van der Waals surface area contributed by atoms with Crippen molar-refractivity contribution in [3.8, 4) is 0 Å². The van der Waals surface area contributed by atoms with E-state index in [1.54, 1.807) is 0 Å². The molecular formula is C15H21BrFN3. The maximum Gasteiger partial charge on any atom is 0.191 e. The highest BCUT2D eigenvalue weighted by molar-refractivity contribution is 9.10. The molecule has 1 heterocycles. The van der Waals surface area contributed by atoms with Gasteiger partial charge in [0.1, 0.15) is 5.82 Å². The summed E-state index contributed by atoms with van der Waals surface area (Å²) in [6.07, 6.45) is 5.18. The number of nitrogens with two attached hydrogens (primary N) is 1. The number of nitrogens with zero attached hydrogens (tertiary/aromatic N) is 2. The average Bonchev–Trinajstić information content (AvgIpc) is 2.46. The lowest BCUT2D eigenvalue weighted by Gasteiger charge is -2.27. The number of halogens is 2. The smallest absolute Gasteiger partial charge is 0.191 e. The second kappa shape index (κ2) is 7.62. The first-order valence-corrected chi connectivity index (χ1v) is 7.95. The van der Waals surface area contributed by atoms with Crippen LogP contribution in [-0.2, 0) is 6.42 Å². The van der Waals surface area contributed by atoms with Crippen LogP contribution in [0.25, 0.3) is 0 Å². The summed E-state index contributed by atoms with van der Waals surface area (Å²) in [5.74, 6) is 0.480. The fourth-order valence-corrected chi connectivity index (χ4v) is 2.74. The Morgan fingerprint density at radius 1 is 1.30 bits per heavy atom. The van der Waals surface area contributed by atoms with Crippen LogP contribution in [0.15, 0.2) is 27.7 Å². The van der Waals surface area contributed by atoms with Gasteiger partial charge >= 0.3 is 0 Å². The Labute approximate surface area is 128 Å². The molecule has 1 aromatic rings. The Morgan fingerprint density at radius 2 is 2.05 bits per heavy atom. The minimum atomic E-state index is -0.160. The number of guanidine groups is 1. The second-order valence-electron chi connectivity index (χ2n) is 5.13. The molecule has 0 amide bonds. The number of aryl methyl sites for hydroxylation is 1. The Balaban J connectivity index is 1.77. The third kappa shape index (κ3) is 4.47. The van der Waals surface area contributed by atoms with Crippen LogP contribution in [0.5, 0.6) is 0 Å². The van der Waals surface area contributed by atoms with Gasteiger partial charge in [-0.1, -0.05) is 22.0 Å². The molecule has 0 aromatic heterocycles. The second-order valence-corrected chi connectivity index (χ2v) is 6.04. The molecule has 1 saturated heterocycles. The predicted molar refractivity (Wildman–Crippen MR) is 84.3 cm³/mol. The summed E-state index contributed by atoms with van der Waals surface area (Å²) in [6, 6.07) is 5.18. The first kappa shape index (κ1) is 15.3. The Bertz CT molecular complexity index is 470.